The number of thiazole rings is 1. The third-order valence-corrected chi connectivity index (χ3v) is 5.92. The Bertz CT molecular complexity index is 437. The normalized spacial score (nSPS) is 31.2. The molecule has 1 saturated heterocycles. The Hall–Kier alpha value is -0.450. The Kier molecular flexibility index (Phi) is 3.13. The van der Waals surface area contributed by atoms with Crippen molar-refractivity contribution in [1.82, 2.24) is 10.3 Å². The summed E-state index contributed by atoms with van der Waals surface area (Å²) >= 11 is 1.96. The predicted octanol–water partition coefficient (Wildman–Crippen LogP) is 2.78. The molecule has 1 aromatic heterocycles. The fourth-order valence-electron chi connectivity index (χ4n) is 3.31. The van der Waals surface area contributed by atoms with E-state index in [1.165, 1.54) is 55.6 Å². The molecule has 1 saturated carbocycles. The van der Waals surface area contributed by atoms with Gasteiger partial charge in [0.25, 0.3) is 0 Å². The van der Waals surface area contributed by atoms with Gasteiger partial charge in [-0.15, -0.1) is 11.3 Å². The van der Waals surface area contributed by atoms with E-state index in [-0.39, 0.29) is 5.54 Å². The van der Waals surface area contributed by atoms with Crippen LogP contribution in [0.15, 0.2) is 0 Å². The van der Waals surface area contributed by atoms with Gasteiger partial charge in [0.05, 0.1) is 17.8 Å². The molecule has 3 nitrogen and oxygen atoms in total. The van der Waals surface area contributed by atoms with E-state index in [0.29, 0.717) is 6.04 Å². The van der Waals surface area contributed by atoms with E-state index < -0.39 is 0 Å². The predicted molar refractivity (Wildman–Crippen MR) is 76.6 cm³/mol. The van der Waals surface area contributed by atoms with Gasteiger partial charge in [-0.3, -0.25) is 0 Å². The molecule has 0 spiro atoms. The first-order valence-electron chi connectivity index (χ1n) is 7.70. The van der Waals surface area contributed by atoms with E-state index in [0.717, 1.165) is 19.6 Å². The second-order valence-electron chi connectivity index (χ2n) is 6.25. The lowest BCUT2D eigenvalue weighted by Gasteiger charge is -2.36. The van der Waals surface area contributed by atoms with Crippen molar-refractivity contribution in [2.45, 2.75) is 62.9 Å². The summed E-state index contributed by atoms with van der Waals surface area (Å²) in [4.78, 5) is 6.55. The Morgan fingerprint density at radius 2 is 2.11 bits per heavy atom. The van der Waals surface area contributed by atoms with Gasteiger partial charge in [0, 0.05) is 17.5 Å². The van der Waals surface area contributed by atoms with Crippen molar-refractivity contribution in [3.05, 3.63) is 15.6 Å². The minimum atomic E-state index is 0.0292. The summed E-state index contributed by atoms with van der Waals surface area (Å²) in [5, 5.41) is 5.17. The highest BCUT2D eigenvalue weighted by Crippen LogP contribution is 2.39. The van der Waals surface area contributed by atoms with E-state index in [2.05, 4.69) is 5.32 Å². The molecular weight excluding hydrogens is 256 g/mol. The number of hydrogen-bond acceptors (Lipinski definition) is 4. The first-order valence-corrected chi connectivity index (χ1v) is 8.52. The highest BCUT2D eigenvalue weighted by molar-refractivity contribution is 7.11. The molecule has 1 aromatic rings. The minimum Gasteiger partial charge on any atom is -0.379 e. The summed E-state index contributed by atoms with van der Waals surface area (Å²) < 4.78 is 5.80. The molecule has 2 aliphatic carbocycles. The lowest BCUT2D eigenvalue weighted by molar-refractivity contribution is 0.0169. The molecule has 1 unspecified atom stereocenters. The molecule has 0 bridgehead atoms. The quantitative estimate of drug-likeness (QED) is 0.923. The zero-order valence-electron chi connectivity index (χ0n) is 11.4. The lowest BCUT2D eigenvalue weighted by Crippen LogP contribution is -2.49. The second kappa shape index (κ2) is 4.83. The topological polar surface area (TPSA) is 34.1 Å². The largest absolute Gasteiger partial charge is 0.379 e. The third-order valence-electron chi connectivity index (χ3n) is 4.55. The Balaban J connectivity index is 1.66. The summed E-state index contributed by atoms with van der Waals surface area (Å²) in [6.07, 6.45) is 10.1. The lowest BCUT2D eigenvalue weighted by atomic mass is 9.92. The van der Waals surface area contributed by atoms with E-state index in [1.807, 2.05) is 11.3 Å². The van der Waals surface area contributed by atoms with Gasteiger partial charge in [0.2, 0.25) is 0 Å². The van der Waals surface area contributed by atoms with E-state index >= 15 is 0 Å². The highest BCUT2D eigenvalue weighted by Gasteiger charge is 2.42. The van der Waals surface area contributed by atoms with Crippen LogP contribution < -0.4 is 5.32 Å². The smallest absolute Gasteiger partial charge is 0.116 e. The summed E-state index contributed by atoms with van der Waals surface area (Å²) in [5.74, 6) is 0. The molecule has 2 heterocycles. The zero-order chi connectivity index (χ0) is 12.7. The van der Waals surface area contributed by atoms with Crippen molar-refractivity contribution in [2.75, 3.05) is 13.2 Å². The molecule has 0 radical (unpaired) electrons. The molecule has 1 aliphatic heterocycles. The molecule has 1 atom stereocenters. The maximum Gasteiger partial charge on any atom is 0.116 e. The number of nitrogens with one attached hydrogen (secondary N) is 1. The van der Waals surface area contributed by atoms with E-state index in [1.54, 1.807) is 4.88 Å². The third kappa shape index (κ3) is 2.34. The van der Waals surface area contributed by atoms with Crippen molar-refractivity contribution in [1.29, 1.82) is 0 Å². The summed E-state index contributed by atoms with van der Waals surface area (Å²) in [6.45, 7) is 1.73. The first kappa shape index (κ1) is 12.3. The van der Waals surface area contributed by atoms with Gasteiger partial charge < -0.3 is 10.1 Å². The van der Waals surface area contributed by atoms with E-state index in [9.17, 15) is 0 Å². The summed E-state index contributed by atoms with van der Waals surface area (Å²) in [7, 11) is 0. The maximum absolute atomic E-state index is 5.80. The van der Waals surface area contributed by atoms with Crippen LogP contribution in [0, 0.1) is 0 Å². The van der Waals surface area contributed by atoms with Crippen molar-refractivity contribution in [2.24, 2.45) is 0 Å². The van der Waals surface area contributed by atoms with Crippen LogP contribution in [0.2, 0.25) is 0 Å². The summed E-state index contributed by atoms with van der Waals surface area (Å²) in [5.41, 5.74) is 1.41. The van der Waals surface area contributed by atoms with Crippen molar-refractivity contribution >= 4 is 11.3 Å². The fourth-order valence-corrected chi connectivity index (χ4v) is 4.63. The van der Waals surface area contributed by atoms with Crippen LogP contribution in [-0.4, -0.2) is 24.2 Å². The Labute approximate surface area is 118 Å². The van der Waals surface area contributed by atoms with Crippen LogP contribution in [0.1, 0.15) is 54.1 Å². The van der Waals surface area contributed by atoms with Gasteiger partial charge in [-0.1, -0.05) is 0 Å². The van der Waals surface area contributed by atoms with Gasteiger partial charge in [0.1, 0.15) is 5.01 Å². The Morgan fingerprint density at radius 1 is 1.21 bits per heavy atom. The van der Waals surface area contributed by atoms with Crippen LogP contribution in [0.25, 0.3) is 0 Å². The van der Waals surface area contributed by atoms with Gasteiger partial charge >= 0.3 is 0 Å². The molecule has 19 heavy (non-hydrogen) atoms. The zero-order valence-corrected chi connectivity index (χ0v) is 12.2. The fraction of sp³-hybridized carbons (Fsp3) is 0.800. The molecular formula is C15H22N2OS. The van der Waals surface area contributed by atoms with Crippen molar-refractivity contribution < 1.29 is 4.74 Å². The van der Waals surface area contributed by atoms with Gasteiger partial charge in [0.15, 0.2) is 0 Å². The molecule has 4 rings (SSSR count). The van der Waals surface area contributed by atoms with Crippen molar-refractivity contribution in [3.63, 3.8) is 0 Å². The standard InChI is InChI=1S/C15H22N2OS/c1-2-5-13-12(4-1)16-14(19-13)15(17-11-6-7-11)8-3-9-18-10-15/h11,17H,1-10H2. The van der Waals surface area contributed by atoms with Crippen LogP contribution in [0.4, 0.5) is 0 Å². The highest BCUT2D eigenvalue weighted by atomic mass is 32.1. The van der Waals surface area contributed by atoms with Crippen LogP contribution in [-0.2, 0) is 23.1 Å². The second-order valence-corrected chi connectivity index (χ2v) is 7.34. The molecule has 0 aromatic carbocycles. The average Bonchev–Trinajstić information content (AvgIpc) is 3.14. The molecule has 2 fully saturated rings. The Morgan fingerprint density at radius 3 is 2.84 bits per heavy atom. The van der Waals surface area contributed by atoms with Crippen LogP contribution >= 0.6 is 11.3 Å². The molecule has 0 amide bonds. The van der Waals surface area contributed by atoms with Gasteiger partial charge in [-0.2, -0.15) is 0 Å². The van der Waals surface area contributed by atoms with Gasteiger partial charge in [-0.05, 0) is 51.4 Å². The number of hydrogen-bond donors (Lipinski definition) is 1. The van der Waals surface area contributed by atoms with Crippen molar-refractivity contribution in [3.8, 4) is 0 Å². The number of fused-ring (bicyclic) bond motifs is 1. The van der Waals surface area contributed by atoms with Gasteiger partial charge in [-0.25, -0.2) is 4.98 Å². The number of nitrogens with zero attached hydrogens (tertiary/aromatic N) is 1. The molecule has 4 heteroatoms. The van der Waals surface area contributed by atoms with Crippen LogP contribution in [0.5, 0.6) is 0 Å². The monoisotopic (exact) mass is 278 g/mol. The number of rotatable bonds is 3. The molecule has 3 aliphatic rings. The van der Waals surface area contributed by atoms with Crippen LogP contribution in [0.3, 0.4) is 0 Å². The number of ether oxygens (including phenoxy) is 1. The minimum absolute atomic E-state index is 0.0292. The first-order chi connectivity index (χ1) is 9.36. The molecule has 104 valence electrons. The SMILES string of the molecule is C1CCc2sc(C3(NC4CC4)CCCOC3)nc2C1. The maximum atomic E-state index is 5.80. The van der Waals surface area contributed by atoms with E-state index in [4.69, 9.17) is 9.72 Å². The average molecular weight is 278 g/mol. The number of aromatic nitrogens is 1. The summed E-state index contributed by atoms with van der Waals surface area (Å²) in [6, 6.07) is 0.711. The molecule has 1 N–H and O–H groups in total. The number of aryl methyl sites for hydroxylation is 2.